The summed E-state index contributed by atoms with van der Waals surface area (Å²) in [5.41, 5.74) is 2.79. The van der Waals surface area contributed by atoms with Gasteiger partial charge in [0.05, 0.1) is 13.2 Å². The minimum absolute atomic E-state index is 0.453. The molecule has 0 bridgehead atoms. The minimum Gasteiger partial charge on any atom is -0.496 e. The quantitative estimate of drug-likeness (QED) is 0.904. The van der Waals surface area contributed by atoms with Gasteiger partial charge in [0, 0.05) is 44.8 Å². The molecule has 0 aromatic heterocycles. The second-order valence-electron chi connectivity index (χ2n) is 5.65. The molecule has 2 aliphatic heterocycles. The average molecular weight is 275 g/mol. The van der Waals surface area contributed by atoms with Crippen molar-refractivity contribution in [1.29, 1.82) is 0 Å². The molecule has 1 fully saturated rings. The van der Waals surface area contributed by atoms with Crippen LogP contribution in [0.3, 0.4) is 0 Å². The van der Waals surface area contributed by atoms with Gasteiger partial charge >= 0.3 is 0 Å². The van der Waals surface area contributed by atoms with Crippen molar-refractivity contribution in [2.75, 3.05) is 46.4 Å². The maximum atomic E-state index is 5.61. The van der Waals surface area contributed by atoms with E-state index in [-0.39, 0.29) is 0 Å². The summed E-state index contributed by atoms with van der Waals surface area (Å²) in [5, 5.41) is 3.55. The van der Waals surface area contributed by atoms with Crippen molar-refractivity contribution in [3.8, 4) is 5.75 Å². The Morgan fingerprint density at radius 2 is 2.05 bits per heavy atom. The number of hydrogen-bond donors (Lipinski definition) is 1. The van der Waals surface area contributed by atoms with Gasteiger partial charge in [0.15, 0.2) is 0 Å². The molecule has 4 heteroatoms. The van der Waals surface area contributed by atoms with E-state index in [2.05, 4.69) is 40.2 Å². The summed E-state index contributed by atoms with van der Waals surface area (Å²) in [7, 11) is 1.78. The zero-order valence-corrected chi connectivity index (χ0v) is 12.6. The number of piperazine rings is 1. The predicted molar refractivity (Wildman–Crippen MR) is 81.1 cm³/mol. The van der Waals surface area contributed by atoms with Gasteiger partial charge in [0.2, 0.25) is 0 Å². The van der Waals surface area contributed by atoms with Gasteiger partial charge in [0.1, 0.15) is 5.75 Å². The molecule has 2 aliphatic rings. The SMILES string of the molecule is CCN1CCN([C@@H]2CNCc3cccc(OC)c32)CC1. The van der Waals surface area contributed by atoms with E-state index in [0.29, 0.717) is 6.04 Å². The van der Waals surface area contributed by atoms with Crippen LogP contribution < -0.4 is 10.1 Å². The van der Waals surface area contributed by atoms with Crippen LogP contribution in [0, 0.1) is 0 Å². The molecule has 2 heterocycles. The van der Waals surface area contributed by atoms with E-state index in [1.165, 1.54) is 24.2 Å². The van der Waals surface area contributed by atoms with Crippen LogP contribution in [-0.2, 0) is 6.54 Å². The molecule has 0 spiro atoms. The zero-order chi connectivity index (χ0) is 13.9. The van der Waals surface area contributed by atoms with E-state index in [4.69, 9.17) is 4.74 Å². The van der Waals surface area contributed by atoms with E-state index in [1.807, 2.05) is 0 Å². The van der Waals surface area contributed by atoms with Crippen LogP contribution in [0.2, 0.25) is 0 Å². The van der Waals surface area contributed by atoms with E-state index in [9.17, 15) is 0 Å². The third kappa shape index (κ3) is 2.55. The molecule has 0 aliphatic carbocycles. The predicted octanol–water partition coefficient (Wildman–Crippen LogP) is 1.48. The molecular formula is C16H25N3O. The number of fused-ring (bicyclic) bond motifs is 1. The fraction of sp³-hybridized carbons (Fsp3) is 0.625. The van der Waals surface area contributed by atoms with Gasteiger partial charge in [-0.25, -0.2) is 0 Å². The lowest BCUT2D eigenvalue weighted by Gasteiger charge is -2.41. The maximum Gasteiger partial charge on any atom is 0.124 e. The first-order valence-electron chi connectivity index (χ1n) is 7.66. The number of benzene rings is 1. The van der Waals surface area contributed by atoms with E-state index in [1.54, 1.807) is 7.11 Å². The Morgan fingerprint density at radius 1 is 1.25 bits per heavy atom. The largest absolute Gasteiger partial charge is 0.496 e. The van der Waals surface area contributed by atoms with E-state index >= 15 is 0 Å². The Balaban J connectivity index is 1.83. The Kier molecular flexibility index (Phi) is 4.24. The van der Waals surface area contributed by atoms with Crippen LogP contribution in [-0.4, -0.2) is 56.2 Å². The third-order valence-corrected chi connectivity index (χ3v) is 4.66. The summed E-state index contributed by atoms with van der Waals surface area (Å²) in [4.78, 5) is 5.13. The molecule has 0 saturated carbocycles. The van der Waals surface area contributed by atoms with Crippen molar-refractivity contribution in [2.24, 2.45) is 0 Å². The summed E-state index contributed by atoms with van der Waals surface area (Å²) >= 11 is 0. The highest BCUT2D eigenvalue weighted by atomic mass is 16.5. The van der Waals surface area contributed by atoms with Gasteiger partial charge in [-0.1, -0.05) is 19.1 Å². The fourth-order valence-corrected chi connectivity index (χ4v) is 3.45. The van der Waals surface area contributed by atoms with Crippen LogP contribution in [0.25, 0.3) is 0 Å². The Bertz CT molecular complexity index is 441. The molecule has 110 valence electrons. The van der Waals surface area contributed by atoms with Crippen molar-refractivity contribution in [1.82, 2.24) is 15.1 Å². The number of nitrogens with one attached hydrogen (secondary N) is 1. The van der Waals surface area contributed by atoms with Gasteiger partial charge in [-0.3, -0.25) is 4.90 Å². The maximum absolute atomic E-state index is 5.61. The monoisotopic (exact) mass is 275 g/mol. The Hall–Kier alpha value is -1.10. The van der Waals surface area contributed by atoms with Crippen molar-refractivity contribution in [2.45, 2.75) is 19.5 Å². The fourth-order valence-electron chi connectivity index (χ4n) is 3.45. The summed E-state index contributed by atoms with van der Waals surface area (Å²) in [6.07, 6.45) is 0. The second kappa shape index (κ2) is 6.12. The first-order valence-corrected chi connectivity index (χ1v) is 7.66. The summed E-state index contributed by atoms with van der Waals surface area (Å²) in [6, 6.07) is 6.86. The number of ether oxygens (including phenoxy) is 1. The lowest BCUT2D eigenvalue weighted by atomic mass is 9.94. The summed E-state index contributed by atoms with van der Waals surface area (Å²) in [5.74, 6) is 1.05. The average Bonchev–Trinajstić information content (AvgIpc) is 2.53. The molecule has 1 aromatic rings. The van der Waals surface area contributed by atoms with Gasteiger partial charge in [-0.2, -0.15) is 0 Å². The normalized spacial score (nSPS) is 24.4. The lowest BCUT2D eigenvalue weighted by Crippen LogP contribution is -2.50. The summed E-state index contributed by atoms with van der Waals surface area (Å²) < 4.78 is 5.61. The van der Waals surface area contributed by atoms with Gasteiger partial charge < -0.3 is 15.0 Å². The molecule has 3 rings (SSSR count). The van der Waals surface area contributed by atoms with Crippen LogP contribution in [0.5, 0.6) is 5.75 Å². The van der Waals surface area contributed by atoms with Crippen LogP contribution in [0.15, 0.2) is 18.2 Å². The number of likely N-dealkylation sites (N-methyl/N-ethyl adjacent to an activating group) is 1. The smallest absolute Gasteiger partial charge is 0.124 e. The minimum atomic E-state index is 0.453. The van der Waals surface area contributed by atoms with E-state index in [0.717, 1.165) is 38.5 Å². The zero-order valence-electron chi connectivity index (χ0n) is 12.6. The highest BCUT2D eigenvalue weighted by molar-refractivity contribution is 5.44. The molecule has 1 atom stereocenters. The molecule has 4 nitrogen and oxygen atoms in total. The van der Waals surface area contributed by atoms with Crippen molar-refractivity contribution in [3.05, 3.63) is 29.3 Å². The molecule has 1 N–H and O–H groups in total. The number of hydrogen-bond acceptors (Lipinski definition) is 4. The Morgan fingerprint density at radius 3 is 2.75 bits per heavy atom. The molecule has 0 amide bonds. The highest BCUT2D eigenvalue weighted by Crippen LogP contribution is 2.35. The molecular weight excluding hydrogens is 250 g/mol. The van der Waals surface area contributed by atoms with Crippen LogP contribution in [0.1, 0.15) is 24.1 Å². The number of nitrogens with zero attached hydrogens (tertiary/aromatic N) is 2. The topological polar surface area (TPSA) is 27.7 Å². The highest BCUT2D eigenvalue weighted by Gasteiger charge is 2.30. The van der Waals surface area contributed by atoms with E-state index < -0.39 is 0 Å². The van der Waals surface area contributed by atoms with Gasteiger partial charge in [-0.15, -0.1) is 0 Å². The third-order valence-electron chi connectivity index (χ3n) is 4.66. The Labute approximate surface area is 121 Å². The first-order chi connectivity index (χ1) is 9.83. The van der Waals surface area contributed by atoms with Crippen molar-refractivity contribution in [3.63, 3.8) is 0 Å². The molecule has 20 heavy (non-hydrogen) atoms. The van der Waals surface area contributed by atoms with Crippen molar-refractivity contribution < 1.29 is 4.74 Å². The lowest BCUT2D eigenvalue weighted by molar-refractivity contribution is 0.0936. The molecule has 0 radical (unpaired) electrons. The molecule has 1 aromatic carbocycles. The summed E-state index contributed by atoms with van der Waals surface area (Å²) in [6.45, 7) is 10.1. The molecule has 1 saturated heterocycles. The first kappa shape index (κ1) is 13.9. The van der Waals surface area contributed by atoms with Crippen LogP contribution >= 0.6 is 0 Å². The van der Waals surface area contributed by atoms with Gasteiger partial charge in [0.25, 0.3) is 0 Å². The van der Waals surface area contributed by atoms with Crippen molar-refractivity contribution >= 4 is 0 Å². The number of rotatable bonds is 3. The molecule has 0 unspecified atom stereocenters. The standard InChI is InChI=1S/C16H25N3O/c1-3-18-7-9-19(10-8-18)14-12-17-11-13-5-4-6-15(20-2)16(13)14/h4-6,14,17H,3,7-12H2,1-2H3/t14-/m1/s1. The second-order valence-corrected chi connectivity index (χ2v) is 5.65. The van der Waals surface area contributed by atoms with Gasteiger partial charge in [-0.05, 0) is 18.2 Å². The van der Waals surface area contributed by atoms with Crippen LogP contribution in [0.4, 0.5) is 0 Å². The number of methoxy groups -OCH3 is 1.